The van der Waals surface area contributed by atoms with Gasteiger partial charge in [0, 0.05) is 19.4 Å². The first-order valence-electron chi connectivity index (χ1n) is 7.24. The quantitative estimate of drug-likeness (QED) is 0.736. The second-order valence-corrected chi connectivity index (χ2v) is 5.51. The number of hydrogen-bond donors (Lipinski definition) is 1. The van der Waals surface area contributed by atoms with Crippen molar-refractivity contribution in [2.45, 2.75) is 51.9 Å². The number of rotatable bonds is 8. The fourth-order valence-corrected chi connectivity index (χ4v) is 2.95. The van der Waals surface area contributed by atoms with Crippen LogP contribution >= 0.6 is 0 Å². The van der Waals surface area contributed by atoms with Crippen LogP contribution < -0.4 is 0 Å². The zero-order valence-electron chi connectivity index (χ0n) is 11.9. The molecule has 2 rings (SSSR count). The number of aromatic nitrogens is 2. The Morgan fingerprint density at radius 3 is 2.85 bits per heavy atom. The smallest absolute Gasteiger partial charge is 0.303 e. The SMILES string of the molecule is CCOCCc1noc(CC2(CC(=O)O)CCCC2)n1. The number of aliphatic carboxylic acids is 1. The monoisotopic (exact) mass is 282 g/mol. The highest BCUT2D eigenvalue weighted by atomic mass is 16.5. The molecule has 1 aromatic heterocycles. The van der Waals surface area contributed by atoms with Gasteiger partial charge in [-0.05, 0) is 25.2 Å². The third-order valence-electron chi connectivity index (χ3n) is 3.90. The van der Waals surface area contributed by atoms with Crippen molar-refractivity contribution in [3.8, 4) is 0 Å². The maximum absolute atomic E-state index is 11.0. The van der Waals surface area contributed by atoms with Crippen LogP contribution in [0.4, 0.5) is 0 Å². The van der Waals surface area contributed by atoms with Crippen molar-refractivity contribution in [1.82, 2.24) is 10.1 Å². The van der Waals surface area contributed by atoms with E-state index in [0.717, 1.165) is 25.7 Å². The van der Waals surface area contributed by atoms with Gasteiger partial charge in [0.15, 0.2) is 5.82 Å². The molecule has 6 heteroatoms. The Labute approximate surface area is 118 Å². The standard InChI is InChI=1S/C14H22N2O4/c1-2-19-8-5-11-15-12(20-16-11)9-14(10-13(17)18)6-3-4-7-14/h2-10H2,1H3,(H,17,18). The Kier molecular flexibility index (Phi) is 5.11. The van der Waals surface area contributed by atoms with Crippen LogP contribution in [0.25, 0.3) is 0 Å². The number of carboxylic acid groups (broad SMARTS) is 1. The number of nitrogens with zero attached hydrogens (tertiary/aromatic N) is 2. The van der Waals surface area contributed by atoms with E-state index in [1.54, 1.807) is 0 Å². The van der Waals surface area contributed by atoms with Crippen molar-refractivity contribution >= 4 is 5.97 Å². The first-order valence-corrected chi connectivity index (χ1v) is 7.24. The van der Waals surface area contributed by atoms with E-state index < -0.39 is 5.97 Å². The summed E-state index contributed by atoms with van der Waals surface area (Å²) in [5, 5.41) is 13.0. The number of carbonyl (C=O) groups is 1. The summed E-state index contributed by atoms with van der Waals surface area (Å²) in [7, 11) is 0. The molecule has 1 fully saturated rings. The van der Waals surface area contributed by atoms with Crippen LogP contribution in [-0.2, 0) is 22.4 Å². The maximum atomic E-state index is 11.0. The molecule has 0 aliphatic heterocycles. The van der Waals surface area contributed by atoms with Crippen LogP contribution in [0.2, 0.25) is 0 Å². The average molecular weight is 282 g/mol. The van der Waals surface area contributed by atoms with E-state index in [2.05, 4.69) is 10.1 Å². The van der Waals surface area contributed by atoms with Gasteiger partial charge in [0.25, 0.3) is 0 Å². The number of hydrogen-bond acceptors (Lipinski definition) is 5. The van der Waals surface area contributed by atoms with Crippen molar-refractivity contribution in [2.75, 3.05) is 13.2 Å². The molecule has 20 heavy (non-hydrogen) atoms. The Balaban J connectivity index is 1.95. The van der Waals surface area contributed by atoms with Crippen molar-refractivity contribution in [2.24, 2.45) is 5.41 Å². The summed E-state index contributed by atoms with van der Waals surface area (Å²) in [6.45, 7) is 3.19. The summed E-state index contributed by atoms with van der Waals surface area (Å²) >= 11 is 0. The highest BCUT2D eigenvalue weighted by molar-refractivity contribution is 5.67. The molecule has 0 amide bonds. The lowest BCUT2D eigenvalue weighted by Crippen LogP contribution is -2.24. The van der Waals surface area contributed by atoms with Crippen LogP contribution in [-0.4, -0.2) is 34.4 Å². The van der Waals surface area contributed by atoms with E-state index in [1.807, 2.05) is 6.92 Å². The number of carboxylic acids is 1. The molecule has 112 valence electrons. The summed E-state index contributed by atoms with van der Waals surface area (Å²) in [5.74, 6) is 0.444. The Bertz CT molecular complexity index is 438. The molecule has 1 heterocycles. The second-order valence-electron chi connectivity index (χ2n) is 5.51. The molecule has 1 saturated carbocycles. The van der Waals surface area contributed by atoms with Gasteiger partial charge in [0.2, 0.25) is 5.89 Å². The van der Waals surface area contributed by atoms with Crippen LogP contribution in [0.3, 0.4) is 0 Å². The van der Waals surface area contributed by atoms with Gasteiger partial charge in [-0.15, -0.1) is 0 Å². The number of ether oxygens (including phenoxy) is 1. The molecular weight excluding hydrogens is 260 g/mol. The minimum absolute atomic E-state index is 0.184. The molecule has 1 aliphatic carbocycles. The molecule has 6 nitrogen and oxygen atoms in total. The van der Waals surface area contributed by atoms with Crippen LogP contribution in [0.1, 0.15) is 50.7 Å². The van der Waals surface area contributed by atoms with Gasteiger partial charge in [0.05, 0.1) is 13.0 Å². The third kappa shape index (κ3) is 4.03. The van der Waals surface area contributed by atoms with E-state index in [4.69, 9.17) is 14.4 Å². The molecule has 0 saturated heterocycles. The molecule has 1 aromatic rings. The van der Waals surface area contributed by atoms with Crippen LogP contribution in [0.15, 0.2) is 4.52 Å². The summed E-state index contributed by atoms with van der Waals surface area (Å²) < 4.78 is 10.5. The summed E-state index contributed by atoms with van der Waals surface area (Å²) in [4.78, 5) is 15.4. The molecule has 0 bridgehead atoms. The van der Waals surface area contributed by atoms with Crippen molar-refractivity contribution in [3.05, 3.63) is 11.7 Å². The fraction of sp³-hybridized carbons (Fsp3) is 0.786. The first kappa shape index (κ1) is 15.0. The van der Waals surface area contributed by atoms with E-state index in [1.165, 1.54) is 0 Å². The average Bonchev–Trinajstić information content (AvgIpc) is 3.00. The normalized spacial score (nSPS) is 17.4. The van der Waals surface area contributed by atoms with E-state index >= 15 is 0 Å². The predicted octanol–water partition coefficient (Wildman–Crippen LogP) is 2.23. The highest BCUT2D eigenvalue weighted by Crippen LogP contribution is 2.43. The highest BCUT2D eigenvalue weighted by Gasteiger charge is 2.37. The minimum atomic E-state index is -0.747. The van der Waals surface area contributed by atoms with Gasteiger partial charge in [0.1, 0.15) is 0 Å². The molecule has 1 N–H and O–H groups in total. The summed E-state index contributed by atoms with van der Waals surface area (Å²) in [6.07, 6.45) is 5.40. The lowest BCUT2D eigenvalue weighted by atomic mass is 9.79. The van der Waals surface area contributed by atoms with Gasteiger partial charge in [-0.2, -0.15) is 4.98 Å². The van der Waals surface area contributed by atoms with Gasteiger partial charge >= 0.3 is 5.97 Å². The lowest BCUT2D eigenvalue weighted by Gasteiger charge is -2.24. The third-order valence-corrected chi connectivity index (χ3v) is 3.90. The van der Waals surface area contributed by atoms with Gasteiger partial charge in [-0.1, -0.05) is 18.0 Å². The minimum Gasteiger partial charge on any atom is -0.481 e. The van der Waals surface area contributed by atoms with Crippen molar-refractivity contribution < 1.29 is 19.2 Å². The molecule has 0 spiro atoms. The zero-order valence-corrected chi connectivity index (χ0v) is 11.9. The molecule has 0 radical (unpaired) electrons. The molecule has 0 unspecified atom stereocenters. The lowest BCUT2D eigenvalue weighted by molar-refractivity contribution is -0.139. The molecule has 1 aliphatic rings. The summed E-state index contributed by atoms with van der Waals surface area (Å²) in [5.41, 5.74) is -0.199. The van der Waals surface area contributed by atoms with E-state index in [-0.39, 0.29) is 11.8 Å². The van der Waals surface area contributed by atoms with Gasteiger partial charge < -0.3 is 14.4 Å². The topological polar surface area (TPSA) is 85.5 Å². The van der Waals surface area contributed by atoms with E-state index in [9.17, 15) is 4.79 Å². The Hall–Kier alpha value is -1.43. The van der Waals surface area contributed by atoms with Gasteiger partial charge in [-0.25, -0.2) is 0 Å². The maximum Gasteiger partial charge on any atom is 0.303 e. The fourth-order valence-electron chi connectivity index (χ4n) is 2.95. The second kappa shape index (κ2) is 6.83. The Morgan fingerprint density at radius 2 is 2.20 bits per heavy atom. The van der Waals surface area contributed by atoms with Gasteiger partial charge in [-0.3, -0.25) is 4.79 Å². The zero-order chi connectivity index (χ0) is 14.4. The molecule has 0 atom stereocenters. The first-order chi connectivity index (χ1) is 9.63. The molecule has 0 aromatic carbocycles. The van der Waals surface area contributed by atoms with Crippen molar-refractivity contribution in [3.63, 3.8) is 0 Å². The summed E-state index contributed by atoms with van der Waals surface area (Å²) in [6, 6.07) is 0. The Morgan fingerprint density at radius 1 is 1.45 bits per heavy atom. The van der Waals surface area contributed by atoms with Crippen molar-refractivity contribution in [1.29, 1.82) is 0 Å². The van der Waals surface area contributed by atoms with Crippen LogP contribution in [0, 0.1) is 5.41 Å². The van der Waals surface area contributed by atoms with Crippen LogP contribution in [0.5, 0.6) is 0 Å². The molecular formula is C14H22N2O4. The van der Waals surface area contributed by atoms with E-state index in [0.29, 0.717) is 37.8 Å². The predicted molar refractivity (Wildman–Crippen MR) is 71.4 cm³/mol. The largest absolute Gasteiger partial charge is 0.481 e.